The van der Waals surface area contributed by atoms with E-state index in [1.165, 1.54) is 30.9 Å². The number of furan rings is 1. The minimum absolute atomic E-state index is 0.0534. The van der Waals surface area contributed by atoms with Crippen LogP contribution in [-0.4, -0.2) is 55.7 Å². The van der Waals surface area contributed by atoms with Gasteiger partial charge in [-0.1, -0.05) is 35.9 Å². The first-order chi connectivity index (χ1) is 20.4. The highest BCUT2D eigenvalue weighted by atomic mass is 16.5. The molecule has 0 aliphatic carbocycles. The van der Waals surface area contributed by atoms with Crippen LogP contribution in [0.4, 0.5) is 0 Å². The summed E-state index contributed by atoms with van der Waals surface area (Å²) in [5, 5.41) is 5.71. The van der Waals surface area contributed by atoms with E-state index < -0.39 is 5.92 Å². The van der Waals surface area contributed by atoms with Crippen LogP contribution in [-0.2, 0) is 14.4 Å². The summed E-state index contributed by atoms with van der Waals surface area (Å²) in [5.74, 6) is 0.683. The van der Waals surface area contributed by atoms with Gasteiger partial charge in [0.1, 0.15) is 23.4 Å². The van der Waals surface area contributed by atoms with E-state index >= 15 is 0 Å². The summed E-state index contributed by atoms with van der Waals surface area (Å²) in [4.78, 5) is 38.3. The van der Waals surface area contributed by atoms with E-state index in [9.17, 15) is 14.4 Å². The zero-order chi connectivity index (χ0) is 29.5. The van der Waals surface area contributed by atoms with Gasteiger partial charge in [0, 0.05) is 36.4 Å². The molecular formula is C35H40N2O5. The summed E-state index contributed by atoms with van der Waals surface area (Å²) < 4.78 is 11.6. The second kappa shape index (κ2) is 13.8. The monoisotopic (exact) mass is 568 g/mol. The predicted molar refractivity (Wildman–Crippen MR) is 165 cm³/mol. The van der Waals surface area contributed by atoms with Crippen LogP contribution in [0.2, 0.25) is 0 Å². The zero-order valence-corrected chi connectivity index (χ0v) is 24.6. The van der Waals surface area contributed by atoms with Gasteiger partial charge >= 0.3 is 0 Å². The van der Waals surface area contributed by atoms with Gasteiger partial charge in [-0.05, 0) is 99.1 Å². The van der Waals surface area contributed by atoms with Crippen LogP contribution in [0.5, 0.6) is 5.75 Å². The molecule has 2 atom stereocenters. The zero-order valence-electron chi connectivity index (χ0n) is 24.6. The highest BCUT2D eigenvalue weighted by molar-refractivity contribution is 6.08. The summed E-state index contributed by atoms with van der Waals surface area (Å²) in [6, 6.07) is 18.4. The number of hydrogen-bond acceptors (Lipinski definition) is 6. The first kappa shape index (κ1) is 29.5. The summed E-state index contributed by atoms with van der Waals surface area (Å²) in [7, 11) is 0. The lowest BCUT2D eigenvalue weighted by Crippen LogP contribution is -2.37. The van der Waals surface area contributed by atoms with Crippen molar-refractivity contribution < 1.29 is 23.5 Å². The van der Waals surface area contributed by atoms with Crippen molar-refractivity contribution in [3.05, 3.63) is 77.6 Å². The van der Waals surface area contributed by atoms with Crippen molar-refractivity contribution in [1.29, 1.82) is 0 Å². The topological polar surface area (TPSA) is 88.9 Å². The molecule has 2 heterocycles. The van der Waals surface area contributed by atoms with E-state index in [0.29, 0.717) is 36.6 Å². The van der Waals surface area contributed by atoms with E-state index in [1.807, 2.05) is 30.3 Å². The number of benzene rings is 3. The fourth-order valence-corrected chi connectivity index (χ4v) is 5.99. The molecule has 42 heavy (non-hydrogen) atoms. The minimum atomic E-state index is -0.412. The number of amides is 1. The van der Waals surface area contributed by atoms with Gasteiger partial charge in [-0.2, -0.15) is 0 Å². The highest BCUT2D eigenvalue weighted by Gasteiger charge is 2.21. The Labute approximate surface area is 247 Å². The molecule has 1 aromatic heterocycles. The van der Waals surface area contributed by atoms with Crippen LogP contribution in [0.25, 0.3) is 21.7 Å². The SMILES string of the molecule is CC(=O)CCC(C=O)c1coc2ccc3cc(OCC(=O)NCCCN4CCCC(c5ccc(C)cc5)C4)ccc3c12. The third kappa shape index (κ3) is 7.26. The number of carbonyl (C=O) groups is 3. The second-order valence-corrected chi connectivity index (χ2v) is 11.5. The van der Waals surface area contributed by atoms with E-state index in [2.05, 4.69) is 41.4 Å². The number of hydrogen-bond donors (Lipinski definition) is 1. The molecule has 1 aliphatic rings. The van der Waals surface area contributed by atoms with Gasteiger partial charge < -0.3 is 29.0 Å². The third-order valence-corrected chi connectivity index (χ3v) is 8.32. The molecule has 1 saturated heterocycles. The van der Waals surface area contributed by atoms with Crippen molar-refractivity contribution in [2.24, 2.45) is 0 Å². The molecule has 7 heteroatoms. The van der Waals surface area contributed by atoms with Gasteiger partial charge in [-0.25, -0.2) is 0 Å². The van der Waals surface area contributed by atoms with Gasteiger partial charge in [-0.15, -0.1) is 0 Å². The number of rotatable bonds is 13. The molecule has 2 unspecified atom stereocenters. The van der Waals surface area contributed by atoms with E-state index in [0.717, 1.165) is 54.1 Å². The molecule has 3 aromatic carbocycles. The summed E-state index contributed by atoms with van der Waals surface area (Å²) >= 11 is 0. The van der Waals surface area contributed by atoms with Gasteiger partial charge in [0.2, 0.25) is 0 Å². The Hall–Kier alpha value is -3.97. The molecule has 4 aromatic rings. The maximum Gasteiger partial charge on any atom is 0.257 e. The average Bonchev–Trinajstić information content (AvgIpc) is 3.43. The predicted octanol–water partition coefficient (Wildman–Crippen LogP) is 6.31. The summed E-state index contributed by atoms with van der Waals surface area (Å²) in [6.45, 7) is 7.38. The molecule has 220 valence electrons. The quantitative estimate of drug-likeness (QED) is 0.150. The molecular weight excluding hydrogens is 528 g/mol. The number of fused-ring (bicyclic) bond motifs is 3. The molecule has 0 radical (unpaired) electrons. The van der Waals surface area contributed by atoms with Crippen LogP contribution in [0, 0.1) is 6.92 Å². The molecule has 1 aliphatic heterocycles. The number of nitrogens with zero attached hydrogens (tertiary/aromatic N) is 1. The normalized spacial score (nSPS) is 16.4. The Morgan fingerprint density at radius 2 is 1.98 bits per heavy atom. The third-order valence-electron chi connectivity index (χ3n) is 8.32. The van der Waals surface area contributed by atoms with Crippen LogP contribution >= 0.6 is 0 Å². The molecule has 1 fully saturated rings. The van der Waals surface area contributed by atoms with Crippen LogP contribution < -0.4 is 10.1 Å². The van der Waals surface area contributed by atoms with Crippen molar-refractivity contribution in [2.75, 3.05) is 32.8 Å². The fraction of sp³-hybridized carbons (Fsp3) is 0.400. The highest BCUT2D eigenvalue weighted by Crippen LogP contribution is 2.36. The Balaban J connectivity index is 1.11. The van der Waals surface area contributed by atoms with Gasteiger partial charge in [0.05, 0.1) is 6.26 Å². The second-order valence-electron chi connectivity index (χ2n) is 11.5. The first-order valence-corrected chi connectivity index (χ1v) is 15.0. The number of nitrogens with one attached hydrogen (secondary N) is 1. The number of Topliss-reactive ketones (excluding diaryl/α,β-unsaturated/α-hetero) is 1. The summed E-state index contributed by atoms with van der Waals surface area (Å²) in [5.41, 5.74) is 4.20. The van der Waals surface area contributed by atoms with Crippen molar-refractivity contribution >= 4 is 39.7 Å². The van der Waals surface area contributed by atoms with Gasteiger partial charge in [-0.3, -0.25) is 4.79 Å². The van der Waals surface area contributed by atoms with E-state index in [-0.39, 0.29) is 18.3 Å². The number of carbonyl (C=O) groups excluding carboxylic acids is 3. The summed E-state index contributed by atoms with van der Waals surface area (Å²) in [6.07, 6.45) is 6.63. The number of aryl methyl sites for hydroxylation is 1. The Morgan fingerprint density at radius 1 is 1.14 bits per heavy atom. The van der Waals surface area contributed by atoms with E-state index in [1.54, 1.807) is 6.26 Å². The molecule has 1 amide bonds. The van der Waals surface area contributed by atoms with Gasteiger partial charge in [0.15, 0.2) is 6.61 Å². The molecule has 0 bridgehead atoms. The van der Waals surface area contributed by atoms with Gasteiger partial charge in [0.25, 0.3) is 5.91 Å². The fourth-order valence-electron chi connectivity index (χ4n) is 5.99. The minimum Gasteiger partial charge on any atom is -0.484 e. The van der Waals surface area contributed by atoms with Crippen LogP contribution in [0.15, 0.2) is 65.3 Å². The number of piperidine rings is 1. The maximum absolute atomic E-state index is 12.5. The standard InChI is InChI=1S/C35H40N2O5/c1-24-6-9-26(10-7-24)28-5-3-17-37(20-28)18-4-16-36-34(40)23-41-30-13-14-31-27(19-30)12-15-33-35(31)32(22-42-33)29(21-38)11-8-25(2)39/h6-7,9-10,12-15,19,21-22,28-29H,3-5,8,11,16-18,20,23H2,1-2H3,(H,36,40). The Kier molecular flexibility index (Phi) is 9.70. The molecule has 7 nitrogen and oxygen atoms in total. The number of ketones is 1. The lowest BCUT2D eigenvalue weighted by Gasteiger charge is -2.33. The lowest BCUT2D eigenvalue weighted by atomic mass is 9.90. The largest absolute Gasteiger partial charge is 0.484 e. The average molecular weight is 569 g/mol. The molecule has 5 rings (SSSR count). The Morgan fingerprint density at radius 3 is 2.76 bits per heavy atom. The molecule has 1 N–H and O–H groups in total. The number of ether oxygens (including phenoxy) is 1. The Bertz CT molecular complexity index is 1540. The number of aldehydes is 1. The van der Waals surface area contributed by atoms with Crippen LogP contribution in [0.3, 0.4) is 0 Å². The smallest absolute Gasteiger partial charge is 0.257 e. The maximum atomic E-state index is 12.5. The van der Waals surface area contributed by atoms with Crippen molar-refractivity contribution in [1.82, 2.24) is 10.2 Å². The van der Waals surface area contributed by atoms with E-state index in [4.69, 9.17) is 9.15 Å². The molecule has 0 saturated carbocycles. The van der Waals surface area contributed by atoms with Crippen molar-refractivity contribution in [3.63, 3.8) is 0 Å². The van der Waals surface area contributed by atoms with Crippen molar-refractivity contribution in [2.45, 2.75) is 57.8 Å². The lowest BCUT2D eigenvalue weighted by molar-refractivity contribution is -0.123. The molecule has 0 spiro atoms. The first-order valence-electron chi connectivity index (χ1n) is 15.0. The van der Waals surface area contributed by atoms with Crippen LogP contribution in [0.1, 0.15) is 67.6 Å². The number of likely N-dealkylation sites (tertiary alicyclic amines) is 1. The van der Waals surface area contributed by atoms with Crippen molar-refractivity contribution in [3.8, 4) is 5.75 Å².